The number of rotatable bonds is 4. The molecule has 98 valence electrons. The summed E-state index contributed by atoms with van der Waals surface area (Å²) >= 11 is 3.40. The van der Waals surface area contributed by atoms with Crippen molar-refractivity contribution in [2.24, 2.45) is 0 Å². The van der Waals surface area contributed by atoms with E-state index in [-0.39, 0.29) is 17.6 Å². The van der Waals surface area contributed by atoms with Gasteiger partial charge in [-0.25, -0.2) is 0 Å². The van der Waals surface area contributed by atoms with Gasteiger partial charge in [0.1, 0.15) is 0 Å². The average Bonchev–Trinajstić information content (AvgIpc) is 2.33. The highest BCUT2D eigenvalue weighted by atomic mass is 79.9. The zero-order valence-corrected chi connectivity index (χ0v) is 11.9. The van der Waals surface area contributed by atoms with Gasteiger partial charge >= 0.3 is 0 Å². The number of ether oxygens (including phenoxy) is 2. The molecule has 0 aromatic heterocycles. The molecule has 5 heteroatoms. The minimum Gasteiger partial charge on any atom is -0.378 e. The van der Waals surface area contributed by atoms with Crippen LogP contribution in [0, 0.1) is 0 Å². The summed E-state index contributed by atoms with van der Waals surface area (Å²) in [6, 6.07) is 0. The highest BCUT2D eigenvalue weighted by molar-refractivity contribution is 9.09. The van der Waals surface area contributed by atoms with Crippen molar-refractivity contribution in [3.8, 4) is 0 Å². The van der Waals surface area contributed by atoms with Gasteiger partial charge in [0, 0.05) is 25.5 Å². The molecular formula is C12H20BrNO3. The summed E-state index contributed by atoms with van der Waals surface area (Å²) < 4.78 is 11.0. The molecule has 1 amide bonds. The normalized spacial score (nSPS) is 27.6. The molecule has 0 N–H and O–H groups in total. The Kier molecular flexibility index (Phi) is 4.44. The van der Waals surface area contributed by atoms with Crippen molar-refractivity contribution >= 4 is 21.8 Å². The first kappa shape index (κ1) is 13.3. The maximum atomic E-state index is 12.2. The van der Waals surface area contributed by atoms with Gasteiger partial charge in [-0.15, -0.1) is 0 Å². The van der Waals surface area contributed by atoms with E-state index in [2.05, 4.69) is 15.9 Å². The van der Waals surface area contributed by atoms with E-state index in [9.17, 15) is 4.79 Å². The summed E-state index contributed by atoms with van der Waals surface area (Å²) in [5.74, 6) is 0.209. The lowest BCUT2D eigenvalue weighted by atomic mass is 9.77. The van der Waals surface area contributed by atoms with Gasteiger partial charge in [-0.2, -0.15) is 0 Å². The van der Waals surface area contributed by atoms with E-state index in [1.54, 1.807) is 7.11 Å². The molecule has 1 aliphatic carbocycles. The molecule has 1 aliphatic heterocycles. The molecule has 1 atom stereocenters. The molecule has 0 aromatic carbocycles. The molecule has 0 radical (unpaired) electrons. The summed E-state index contributed by atoms with van der Waals surface area (Å²) in [5.41, 5.74) is -0.167. The van der Waals surface area contributed by atoms with Gasteiger partial charge in [0.2, 0.25) is 5.91 Å². The zero-order chi connectivity index (χ0) is 12.3. The fourth-order valence-corrected chi connectivity index (χ4v) is 2.84. The van der Waals surface area contributed by atoms with Crippen LogP contribution < -0.4 is 0 Å². The van der Waals surface area contributed by atoms with E-state index in [0.29, 0.717) is 26.1 Å². The van der Waals surface area contributed by atoms with Gasteiger partial charge in [0.05, 0.1) is 24.7 Å². The number of hydrogen-bond acceptors (Lipinski definition) is 3. The maximum absolute atomic E-state index is 12.2. The van der Waals surface area contributed by atoms with E-state index in [1.807, 2.05) is 4.90 Å². The molecule has 1 saturated heterocycles. The average molecular weight is 306 g/mol. The van der Waals surface area contributed by atoms with E-state index in [4.69, 9.17) is 9.47 Å². The number of halogens is 1. The van der Waals surface area contributed by atoms with Gasteiger partial charge in [0.25, 0.3) is 0 Å². The minimum atomic E-state index is -0.167. The van der Waals surface area contributed by atoms with Crippen molar-refractivity contribution in [2.45, 2.75) is 37.4 Å². The largest absolute Gasteiger partial charge is 0.378 e. The lowest BCUT2D eigenvalue weighted by molar-refractivity contribution is -0.150. The van der Waals surface area contributed by atoms with E-state index in [0.717, 1.165) is 18.2 Å². The molecule has 2 fully saturated rings. The van der Waals surface area contributed by atoms with Crippen LogP contribution >= 0.6 is 15.9 Å². The molecule has 2 rings (SSSR count). The van der Waals surface area contributed by atoms with Gasteiger partial charge < -0.3 is 14.4 Å². The highest BCUT2D eigenvalue weighted by Gasteiger charge is 2.40. The van der Waals surface area contributed by atoms with Crippen molar-refractivity contribution in [1.29, 1.82) is 0 Å². The molecular weight excluding hydrogens is 286 g/mol. The van der Waals surface area contributed by atoms with E-state index >= 15 is 0 Å². The van der Waals surface area contributed by atoms with Crippen molar-refractivity contribution in [2.75, 3.05) is 32.1 Å². The van der Waals surface area contributed by atoms with Crippen molar-refractivity contribution in [3.63, 3.8) is 0 Å². The van der Waals surface area contributed by atoms with Gasteiger partial charge in [0.15, 0.2) is 0 Å². The number of carbonyl (C=O) groups excluding carboxylic acids is 1. The predicted molar refractivity (Wildman–Crippen MR) is 68.3 cm³/mol. The highest BCUT2D eigenvalue weighted by Crippen LogP contribution is 2.38. The Labute approximate surface area is 111 Å². The molecule has 1 heterocycles. The third-order valence-electron chi connectivity index (χ3n) is 3.83. The Hall–Kier alpha value is -0.130. The second-order valence-corrected chi connectivity index (χ2v) is 5.55. The summed E-state index contributed by atoms with van der Waals surface area (Å²) in [6.45, 7) is 2.05. The van der Waals surface area contributed by atoms with Crippen LogP contribution in [-0.2, 0) is 14.3 Å². The summed E-state index contributed by atoms with van der Waals surface area (Å²) in [5, 5.41) is 0.784. The molecule has 0 bridgehead atoms. The minimum absolute atomic E-state index is 0.132. The summed E-state index contributed by atoms with van der Waals surface area (Å²) in [7, 11) is 1.72. The quantitative estimate of drug-likeness (QED) is 0.740. The van der Waals surface area contributed by atoms with Gasteiger partial charge in [-0.1, -0.05) is 15.9 Å². The van der Waals surface area contributed by atoms with Crippen LogP contribution in [0.1, 0.15) is 25.7 Å². The third kappa shape index (κ3) is 3.01. The Bertz CT molecular complexity index is 275. The maximum Gasteiger partial charge on any atom is 0.225 e. The van der Waals surface area contributed by atoms with E-state index in [1.165, 1.54) is 6.42 Å². The smallest absolute Gasteiger partial charge is 0.225 e. The molecule has 2 aliphatic rings. The lowest BCUT2D eigenvalue weighted by Crippen LogP contribution is -2.50. The monoisotopic (exact) mass is 305 g/mol. The molecule has 0 aromatic rings. The molecule has 1 unspecified atom stereocenters. The molecule has 17 heavy (non-hydrogen) atoms. The van der Waals surface area contributed by atoms with Gasteiger partial charge in [-0.05, 0) is 19.3 Å². The first-order valence-corrected chi connectivity index (χ1v) is 7.32. The number of amides is 1. The molecule has 1 saturated carbocycles. The van der Waals surface area contributed by atoms with Crippen LogP contribution in [0.4, 0.5) is 0 Å². The lowest BCUT2D eigenvalue weighted by Gasteiger charge is -2.42. The Morgan fingerprint density at radius 1 is 1.59 bits per heavy atom. The first-order valence-electron chi connectivity index (χ1n) is 6.19. The van der Waals surface area contributed by atoms with Crippen LogP contribution in [-0.4, -0.2) is 54.6 Å². The van der Waals surface area contributed by atoms with Crippen LogP contribution in [0.15, 0.2) is 0 Å². The Morgan fingerprint density at radius 2 is 2.35 bits per heavy atom. The summed E-state index contributed by atoms with van der Waals surface area (Å²) in [4.78, 5) is 14.1. The number of morpholine rings is 1. The fourth-order valence-electron chi connectivity index (χ4n) is 2.45. The number of nitrogens with zero attached hydrogens (tertiary/aromatic N) is 1. The number of hydrogen-bond donors (Lipinski definition) is 0. The molecule has 0 spiro atoms. The summed E-state index contributed by atoms with van der Waals surface area (Å²) in [6.07, 6.45) is 3.86. The van der Waals surface area contributed by atoms with Crippen LogP contribution in [0.5, 0.6) is 0 Å². The first-order chi connectivity index (χ1) is 8.19. The Morgan fingerprint density at radius 3 is 2.88 bits per heavy atom. The number of carbonyl (C=O) groups is 1. The fraction of sp³-hybridized carbons (Fsp3) is 0.917. The Balaban J connectivity index is 1.86. The van der Waals surface area contributed by atoms with Gasteiger partial charge in [-0.3, -0.25) is 4.79 Å². The third-order valence-corrected chi connectivity index (χ3v) is 4.56. The van der Waals surface area contributed by atoms with Crippen LogP contribution in [0.3, 0.4) is 0 Å². The second-order valence-electron chi connectivity index (χ2n) is 4.90. The standard InChI is InChI=1S/C12H20BrNO3/c1-16-12(3-2-4-12)7-11(15)14-5-6-17-10(8-13)9-14/h10H,2-9H2,1H3. The van der Waals surface area contributed by atoms with Crippen molar-refractivity contribution in [1.82, 2.24) is 4.90 Å². The number of methoxy groups -OCH3 is 1. The van der Waals surface area contributed by atoms with Crippen molar-refractivity contribution in [3.05, 3.63) is 0 Å². The second kappa shape index (κ2) is 5.67. The predicted octanol–water partition coefficient (Wildman–Crippen LogP) is 1.57. The number of alkyl halides is 1. The molecule has 4 nitrogen and oxygen atoms in total. The van der Waals surface area contributed by atoms with Crippen LogP contribution in [0.2, 0.25) is 0 Å². The topological polar surface area (TPSA) is 38.8 Å². The zero-order valence-electron chi connectivity index (χ0n) is 10.3. The van der Waals surface area contributed by atoms with E-state index < -0.39 is 0 Å². The SMILES string of the molecule is COC1(CC(=O)N2CCOC(CBr)C2)CCC1. The van der Waals surface area contributed by atoms with Crippen molar-refractivity contribution < 1.29 is 14.3 Å². The van der Waals surface area contributed by atoms with Crippen LogP contribution in [0.25, 0.3) is 0 Å².